The molecule has 11 heteroatoms. The van der Waals surface area contributed by atoms with Gasteiger partial charge in [-0.2, -0.15) is 8.78 Å². The fourth-order valence-electron chi connectivity index (χ4n) is 3.20. The van der Waals surface area contributed by atoms with Crippen LogP contribution in [-0.4, -0.2) is 61.9 Å². The van der Waals surface area contributed by atoms with Gasteiger partial charge in [0.25, 0.3) is 5.91 Å². The van der Waals surface area contributed by atoms with E-state index in [0.717, 1.165) is 12.1 Å². The van der Waals surface area contributed by atoms with Crippen molar-refractivity contribution < 1.29 is 36.7 Å². The van der Waals surface area contributed by atoms with Gasteiger partial charge in [0.05, 0.1) is 26.3 Å². The molecule has 33 heavy (non-hydrogen) atoms. The highest BCUT2D eigenvalue weighted by Gasteiger charge is 2.26. The molecule has 1 fully saturated rings. The van der Waals surface area contributed by atoms with E-state index in [2.05, 4.69) is 0 Å². The first kappa shape index (κ1) is 24.2. The molecule has 2 aromatic rings. The molecule has 7 nitrogen and oxygen atoms in total. The monoisotopic (exact) mass is 467 g/mol. The van der Waals surface area contributed by atoms with Crippen LogP contribution in [0, 0.1) is 11.6 Å². The predicted molar refractivity (Wildman–Crippen MR) is 110 cm³/mol. The van der Waals surface area contributed by atoms with Crippen molar-refractivity contribution in [2.24, 2.45) is 0 Å². The minimum atomic E-state index is -3.27. The normalized spacial score (nSPS) is 13.7. The Hall–Kier alpha value is -3.47. The number of halogens is 4. The highest BCUT2D eigenvalue weighted by molar-refractivity contribution is 5.99. The van der Waals surface area contributed by atoms with E-state index in [1.165, 1.54) is 40.1 Å². The molecule has 0 atom stereocenters. The fourth-order valence-corrected chi connectivity index (χ4v) is 3.20. The van der Waals surface area contributed by atoms with E-state index >= 15 is 0 Å². The predicted octanol–water partition coefficient (Wildman–Crippen LogP) is 2.99. The lowest BCUT2D eigenvalue weighted by atomic mass is 10.1. The van der Waals surface area contributed by atoms with Gasteiger partial charge in [0.15, 0.2) is 5.78 Å². The summed E-state index contributed by atoms with van der Waals surface area (Å²) in [5, 5.41) is 1.76. The lowest BCUT2D eigenvalue weighted by Gasteiger charge is -2.33. The van der Waals surface area contributed by atoms with Gasteiger partial charge in [0.2, 0.25) is 0 Å². The van der Waals surface area contributed by atoms with Gasteiger partial charge in [-0.15, -0.1) is 0 Å². The van der Waals surface area contributed by atoms with E-state index in [9.17, 15) is 31.9 Å². The molecule has 176 valence electrons. The Labute approximate surface area is 186 Å². The van der Waals surface area contributed by atoms with Gasteiger partial charge in [-0.3, -0.25) is 14.5 Å². The molecule has 0 unspecified atom stereocenters. The number of ketones is 1. The molecule has 0 spiro atoms. The minimum absolute atomic E-state index is 0.0500. The summed E-state index contributed by atoms with van der Waals surface area (Å²) >= 11 is 0. The highest BCUT2D eigenvalue weighted by Crippen LogP contribution is 2.23. The fraction of sp³-hybridized carbons (Fsp3) is 0.318. The number of nitrogens with one attached hydrogen (secondary N) is 1. The van der Waals surface area contributed by atoms with E-state index in [0.29, 0.717) is 26.3 Å². The number of hydrogen-bond acceptors (Lipinski definition) is 4. The third-order valence-electron chi connectivity index (χ3n) is 4.96. The number of nitrogens with zero attached hydrogens (tertiary/aromatic N) is 2. The first-order valence-corrected chi connectivity index (χ1v) is 10.0. The van der Waals surface area contributed by atoms with Crippen LogP contribution in [-0.2, 0) is 16.1 Å². The Morgan fingerprint density at radius 1 is 1.06 bits per heavy atom. The standard InChI is InChI=1S/C22H21F4N3O4/c23-16-2-1-3-17(11-16)29(22(32)28-6-8-33-9-7-28)13-15-5-4-14(10-18(15)24)19(30)12-27-21(31)20(25)26/h1-5,10-11,20H,6-9,12-13H2,(H,27,31). The number of morpholine rings is 1. The van der Waals surface area contributed by atoms with Crippen molar-refractivity contribution in [1.29, 1.82) is 0 Å². The number of hydrogen-bond donors (Lipinski definition) is 1. The number of Topliss-reactive ketones (excluding diaryl/α,β-unsaturated/α-hetero) is 1. The van der Waals surface area contributed by atoms with Crippen LogP contribution < -0.4 is 10.2 Å². The number of carbonyl (C=O) groups excluding carboxylic acids is 3. The lowest BCUT2D eigenvalue weighted by Crippen LogP contribution is -2.48. The van der Waals surface area contributed by atoms with Crippen molar-refractivity contribution in [2.75, 3.05) is 37.7 Å². The molecule has 0 saturated carbocycles. The summed E-state index contributed by atoms with van der Waals surface area (Å²) in [6, 6.07) is 8.29. The second-order valence-corrected chi connectivity index (χ2v) is 7.20. The second-order valence-electron chi connectivity index (χ2n) is 7.20. The van der Waals surface area contributed by atoms with Gasteiger partial charge in [-0.1, -0.05) is 18.2 Å². The van der Waals surface area contributed by atoms with E-state index in [1.807, 2.05) is 0 Å². The number of anilines is 1. The van der Waals surface area contributed by atoms with Crippen LogP contribution in [0.15, 0.2) is 42.5 Å². The Kier molecular flexibility index (Phi) is 7.99. The quantitative estimate of drug-likeness (QED) is 0.502. The number of ether oxygens (including phenoxy) is 1. The molecular weight excluding hydrogens is 446 g/mol. The Morgan fingerprint density at radius 3 is 2.42 bits per heavy atom. The van der Waals surface area contributed by atoms with Crippen molar-refractivity contribution in [3.05, 3.63) is 65.2 Å². The molecule has 1 heterocycles. The van der Waals surface area contributed by atoms with E-state index < -0.39 is 42.3 Å². The zero-order valence-corrected chi connectivity index (χ0v) is 17.4. The third-order valence-corrected chi connectivity index (χ3v) is 4.96. The van der Waals surface area contributed by atoms with E-state index in [-0.39, 0.29) is 23.4 Å². The lowest BCUT2D eigenvalue weighted by molar-refractivity contribution is -0.131. The maximum Gasteiger partial charge on any atom is 0.324 e. The molecule has 2 aromatic carbocycles. The second kappa shape index (κ2) is 10.9. The van der Waals surface area contributed by atoms with Crippen molar-refractivity contribution in [1.82, 2.24) is 10.2 Å². The van der Waals surface area contributed by atoms with Gasteiger partial charge in [0.1, 0.15) is 11.6 Å². The summed E-state index contributed by atoms with van der Waals surface area (Å²) in [6.45, 7) is 0.372. The van der Waals surface area contributed by atoms with Gasteiger partial charge in [-0.05, 0) is 24.3 Å². The molecule has 3 amide bonds. The number of rotatable bonds is 7. The Morgan fingerprint density at radius 2 is 1.79 bits per heavy atom. The molecule has 1 aliphatic heterocycles. The average molecular weight is 467 g/mol. The molecule has 1 aliphatic rings. The number of carbonyl (C=O) groups is 3. The average Bonchev–Trinajstić information content (AvgIpc) is 2.81. The molecule has 0 aromatic heterocycles. The molecule has 0 bridgehead atoms. The van der Waals surface area contributed by atoms with Crippen LogP contribution in [0.2, 0.25) is 0 Å². The topological polar surface area (TPSA) is 79.0 Å². The van der Waals surface area contributed by atoms with Gasteiger partial charge in [0, 0.05) is 29.9 Å². The third kappa shape index (κ3) is 6.28. The van der Waals surface area contributed by atoms with E-state index in [4.69, 9.17) is 4.74 Å². The summed E-state index contributed by atoms with van der Waals surface area (Å²) in [5.74, 6) is -3.76. The minimum Gasteiger partial charge on any atom is -0.378 e. The zero-order chi connectivity index (χ0) is 24.0. The Bertz CT molecular complexity index is 1030. The van der Waals surface area contributed by atoms with Crippen LogP contribution in [0.5, 0.6) is 0 Å². The summed E-state index contributed by atoms with van der Waals surface area (Å²) in [6.07, 6.45) is -3.27. The van der Waals surface area contributed by atoms with Crippen LogP contribution in [0.3, 0.4) is 0 Å². The van der Waals surface area contributed by atoms with Crippen molar-refractivity contribution >= 4 is 23.4 Å². The molecule has 1 N–H and O–H groups in total. The molecule has 0 aliphatic carbocycles. The molecular formula is C22H21F4N3O4. The molecule has 3 rings (SSSR count). The summed E-state index contributed by atoms with van der Waals surface area (Å²) in [5.41, 5.74) is 0.137. The molecule has 1 saturated heterocycles. The number of amides is 3. The van der Waals surface area contributed by atoms with E-state index in [1.54, 1.807) is 5.32 Å². The van der Waals surface area contributed by atoms with Crippen LogP contribution in [0.1, 0.15) is 15.9 Å². The molecule has 0 radical (unpaired) electrons. The van der Waals surface area contributed by atoms with Crippen molar-refractivity contribution in [3.8, 4) is 0 Å². The first-order valence-electron chi connectivity index (χ1n) is 10.0. The van der Waals surface area contributed by atoms with Gasteiger partial charge < -0.3 is 15.0 Å². The maximum absolute atomic E-state index is 14.8. The van der Waals surface area contributed by atoms with Crippen LogP contribution >= 0.6 is 0 Å². The SMILES string of the molecule is O=C(CNC(=O)C(F)F)c1ccc(CN(C(=O)N2CCOCC2)c2cccc(F)c2)c(F)c1. The highest BCUT2D eigenvalue weighted by atomic mass is 19.3. The van der Waals surface area contributed by atoms with Gasteiger partial charge >= 0.3 is 12.5 Å². The maximum atomic E-state index is 14.8. The number of benzene rings is 2. The van der Waals surface area contributed by atoms with Crippen LogP contribution in [0.4, 0.5) is 28.0 Å². The van der Waals surface area contributed by atoms with Gasteiger partial charge in [-0.25, -0.2) is 13.6 Å². The van der Waals surface area contributed by atoms with Crippen LogP contribution in [0.25, 0.3) is 0 Å². The summed E-state index contributed by atoms with van der Waals surface area (Å²) < 4.78 is 58.3. The zero-order valence-electron chi connectivity index (χ0n) is 17.4. The Balaban J connectivity index is 1.80. The largest absolute Gasteiger partial charge is 0.378 e. The number of urea groups is 1. The van der Waals surface area contributed by atoms with Crippen molar-refractivity contribution in [2.45, 2.75) is 13.0 Å². The summed E-state index contributed by atoms with van der Waals surface area (Å²) in [7, 11) is 0. The number of alkyl halides is 2. The smallest absolute Gasteiger partial charge is 0.324 e. The first-order chi connectivity index (χ1) is 15.8. The summed E-state index contributed by atoms with van der Waals surface area (Å²) in [4.78, 5) is 38.8. The van der Waals surface area contributed by atoms with Crippen molar-refractivity contribution in [3.63, 3.8) is 0 Å².